The number of nitrogens with zero attached hydrogens (tertiary/aromatic N) is 1. The fourth-order valence-electron chi connectivity index (χ4n) is 4.30. The third-order valence-electron chi connectivity index (χ3n) is 5.56. The highest BCUT2D eigenvalue weighted by Crippen LogP contribution is 2.48. The Hall–Kier alpha value is -2.82. The molecule has 0 unspecified atom stereocenters. The van der Waals surface area contributed by atoms with Crippen LogP contribution >= 0.6 is 0 Å². The molecule has 2 fully saturated rings. The smallest absolute Gasteiger partial charge is 0.255 e. The molecule has 1 heterocycles. The highest BCUT2D eigenvalue weighted by atomic mass is 16.5. The van der Waals surface area contributed by atoms with Crippen molar-refractivity contribution in [2.75, 3.05) is 20.2 Å². The zero-order chi connectivity index (χ0) is 18.3. The molecule has 1 aliphatic heterocycles. The van der Waals surface area contributed by atoms with Gasteiger partial charge in [0.2, 0.25) is 5.91 Å². The number of amides is 2. The SMILES string of the molecule is C=CC(=O)N1CC2(CC(NC(=O)c3ccc4ccccc4c3OC)C2)C1. The van der Waals surface area contributed by atoms with Gasteiger partial charge in [-0.2, -0.15) is 0 Å². The van der Waals surface area contributed by atoms with Crippen molar-refractivity contribution in [2.45, 2.75) is 18.9 Å². The van der Waals surface area contributed by atoms with Gasteiger partial charge >= 0.3 is 0 Å². The second-order valence-electron chi connectivity index (χ2n) is 7.34. The summed E-state index contributed by atoms with van der Waals surface area (Å²) >= 11 is 0. The topological polar surface area (TPSA) is 58.6 Å². The lowest BCUT2D eigenvalue weighted by Gasteiger charge is -2.58. The van der Waals surface area contributed by atoms with Crippen LogP contribution < -0.4 is 10.1 Å². The molecule has 0 atom stereocenters. The molecular weight excluding hydrogens is 328 g/mol. The van der Waals surface area contributed by atoms with Crippen molar-refractivity contribution in [1.29, 1.82) is 0 Å². The molecule has 5 heteroatoms. The predicted octanol–water partition coefficient (Wildman–Crippen LogP) is 2.76. The Bertz CT molecular complexity index is 891. The number of likely N-dealkylation sites (tertiary alicyclic amines) is 1. The molecule has 5 nitrogen and oxygen atoms in total. The molecule has 1 N–H and O–H groups in total. The minimum absolute atomic E-state index is 0.0102. The van der Waals surface area contributed by atoms with E-state index in [2.05, 4.69) is 11.9 Å². The molecule has 1 spiro atoms. The lowest BCUT2D eigenvalue weighted by molar-refractivity contribution is -0.146. The number of carbonyl (C=O) groups is 2. The molecule has 1 saturated heterocycles. The van der Waals surface area contributed by atoms with Crippen molar-refractivity contribution in [3.63, 3.8) is 0 Å². The Labute approximate surface area is 152 Å². The van der Waals surface area contributed by atoms with E-state index in [1.165, 1.54) is 6.08 Å². The summed E-state index contributed by atoms with van der Waals surface area (Å²) in [5, 5.41) is 5.09. The van der Waals surface area contributed by atoms with E-state index in [-0.39, 0.29) is 23.3 Å². The summed E-state index contributed by atoms with van der Waals surface area (Å²) in [6, 6.07) is 11.8. The lowest BCUT2D eigenvalue weighted by Crippen LogP contribution is -2.67. The number of hydrogen-bond acceptors (Lipinski definition) is 3. The van der Waals surface area contributed by atoms with Crippen LogP contribution in [0.2, 0.25) is 0 Å². The molecule has 1 saturated carbocycles. The largest absolute Gasteiger partial charge is 0.495 e. The number of methoxy groups -OCH3 is 1. The maximum atomic E-state index is 12.7. The van der Waals surface area contributed by atoms with Crippen LogP contribution in [0.5, 0.6) is 5.75 Å². The second-order valence-corrected chi connectivity index (χ2v) is 7.34. The predicted molar refractivity (Wildman–Crippen MR) is 100 cm³/mol. The summed E-state index contributed by atoms with van der Waals surface area (Å²) in [7, 11) is 1.59. The zero-order valence-corrected chi connectivity index (χ0v) is 14.8. The van der Waals surface area contributed by atoms with Crippen LogP contribution in [0, 0.1) is 5.41 Å². The average Bonchev–Trinajstić information content (AvgIpc) is 2.60. The number of fused-ring (bicyclic) bond motifs is 1. The first-order valence-electron chi connectivity index (χ1n) is 8.83. The maximum absolute atomic E-state index is 12.7. The summed E-state index contributed by atoms with van der Waals surface area (Å²) < 4.78 is 5.52. The van der Waals surface area contributed by atoms with E-state index >= 15 is 0 Å². The van der Waals surface area contributed by atoms with Crippen molar-refractivity contribution in [2.24, 2.45) is 5.41 Å². The molecular formula is C21H22N2O3. The molecule has 2 amide bonds. The Morgan fingerprint density at radius 3 is 2.65 bits per heavy atom. The number of carbonyl (C=O) groups excluding carboxylic acids is 2. The third kappa shape index (κ3) is 2.64. The van der Waals surface area contributed by atoms with Crippen LogP contribution in [-0.4, -0.2) is 43.0 Å². The van der Waals surface area contributed by atoms with E-state index in [0.29, 0.717) is 11.3 Å². The van der Waals surface area contributed by atoms with Crippen molar-refractivity contribution in [3.8, 4) is 5.75 Å². The van der Waals surface area contributed by atoms with E-state index in [0.717, 1.165) is 36.7 Å². The monoisotopic (exact) mass is 350 g/mol. The normalized spacial score (nSPS) is 18.1. The fourth-order valence-corrected chi connectivity index (χ4v) is 4.30. The van der Waals surface area contributed by atoms with Gasteiger partial charge in [0.15, 0.2) is 0 Å². The van der Waals surface area contributed by atoms with Crippen LogP contribution in [-0.2, 0) is 4.79 Å². The zero-order valence-electron chi connectivity index (χ0n) is 14.8. The number of benzene rings is 2. The van der Waals surface area contributed by atoms with Crippen molar-refractivity contribution >= 4 is 22.6 Å². The summed E-state index contributed by atoms with van der Waals surface area (Å²) in [5.74, 6) is 0.496. The van der Waals surface area contributed by atoms with Gasteiger partial charge in [-0.25, -0.2) is 0 Å². The summed E-state index contributed by atoms with van der Waals surface area (Å²) in [5.41, 5.74) is 0.744. The van der Waals surface area contributed by atoms with Gasteiger partial charge in [-0.15, -0.1) is 0 Å². The van der Waals surface area contributed by atoms with Gasteiger partial charge in [-0.05, 0) is 30.4 Å². The molecule has 0 radical (unpaired) electrons. The summed E-state index contributed by atoms with van der Waals surface area (Å²) in [4.78, 5) is 26.1. The van der Waals surface area contributed by atoms with Gasteiger partial charge < -0.3 is 15.0 Å². The van der Waals surface area contributed by atoms with E-state index < -0.39 is 0 Å². The molecule has 1 aliphatic carbocycles. The second kappa shape index (κ2) is 6.16. The van der Waals surface area contributed by atoms with Crippen LogP contribution in [0.4, 0.5) is 0 Å². The minimum Gasteiger partial charge on any atom is -0.495 e. The van der Waals surface area contributed by atoms with Gasteiger partial charge in [0, 0.05) is 29.9 Å². The highest BCUT2D eigenvalue weighted by molar-refractivity contribution is 6.04. The van der Waals surface area contributed by atoms with Crippen LogP contribution in [0.15, 0.2) is 49.1 Å². The van der Waals surface area contributed by atoms with Gasteiger partial charge in [0.05, 0.1) is 12.7 Å². The Morgan fingerprint density at radius 2 is 1.96 bits per heavy atom. The summed E-state index contributed by atoms with van der Waals surface area (Å²) in [6.45, 7) is 5.06. The van der Waals surface area contributed by atoms with Gasteiger partial charge in [-0.1, -0.05) is 36.9 Å². The maximum Gasteiger partial charge on any atom is 0.255 e. The summed E-state index contributed by atoms with van der Waals surface area (Å²) in [6.07, 6.45) is 3.18. The van der Waals surface area contributed by atoms with Crippen molar-refractivity contribution in [1.82, 2.24) is 10.2 Å². The molecule has 0 aromatic heterocycles. The Morgan fingerprint density at radius 1 is 1.23 bits per heavy atom. The van der Waals surface area contributed by atoms with Crippen LogP contribution in [0.25, 0.3) is 10.8 Å². The number of rotatable bonds is 4. The van der Waals surface area contributed by atoms with Gasteiger partial charge in [0.25, 0.3) is 5.91 Å². The third-order valence-corrected chi connectivity index (χ3v) is 5.56. The highest BCUT2D eigenvalue weighted by Gasteiger charge is 2.53. The molecule has 4 rings (SSSR count). The quantitative estimate of drug-likeness (QED) is 0.863. The molecule has 2 aromatic rings. The van der Waals surface area contributed by atoms with Crippen LogP contribution in [0.1, 0.15) is 23.2 Å². The average molecular weight is 350 g/mol. The van der Waals surface area contributed by atoms with Gasteiger partial charge in [-0.3, -0.25) is 9.59 Å². The Kier molecular flexibility index (Phi) is 3.94. The van der Waals surface area contributed by atoms with E-state index in [9.17, 15) is 9.59 Å². The first-order valence-corrected chi connectivity index (χ1v) is 8.83. The number of ether oxygens (including phenoxy) is 1. The van der Waals surface area contributed by atoms with E-state index in [1.54, 1.807) is 12.0 Å². The lowest BCUT2D eigenvalue weighted by atomic mass is 9.60. The standard InChI is InChI=1S/C21H22N2O3/c1-3-18(24)23-12-21(13-23)10-15(11-21)22-20(25)17-9-8-14-6-4-5-7-16(14)19(17)26-2/h3-9,15H,1,10-13H2,2H3,(H,22,25). The Balaban J connectivity index is 1.42. The van der Waals surface area contributed by atoms with Gasteiger partial charge in [0.1, 0.15) is 5.75 Å². The fraction of sp³-hybridized carbons (Fsp3) is 0.333. The molecule has 2 aromatic carbocycles. The first kappa shape index (κ1) is 16.6. The van der Waals surface area contributed by atoms with E-state index in [1.807, 2.05) is 36.4 Å². The first-order chi connectivity index (χ1) is 12.5. The van der Waals surface area contributed by atoms with E-state index in [4.69, 9.17) is 4.74 Å². The molecule has 26 heavy (non-hydrogen) atoms. The minimum atomic E-state index is -0.106. The molecule has 134 valence electrons. The van der Waals surface area contributed by atoms with Crippen molar-refractivity contribution < 1.29 is 14.3 Å². The van der Waals surface area contributed by atoms with Crippen LogP contribution in [0.3, 0.4) is 0 Å². The molecule has 2 aliphatic rings. The number of hydrogen-bond donors (Lipinski definition) is 1. The van der Waals surface area contributed by atoms with Crippen molar-refractivity contribution in [3.05, 3.63) is 54.6 Å². The number of nitrogens with one attached hydrogen (secondary N) is 1. The molecule has 0 bridgehead atoms.